The molecule has 0 aliphatic rings. The number of carbonyl (C=O) groups excluding carboxylic acids is 1. The van der Waals surface area contributed by atoms with E-state index in [1.54, 1.807) is 6.92 Å². The first kappa shape index (κ1) is 12.7. The number of benzene rings is 1. The summed E-state index contributed by atoms with van der Waals surface area (Å²) in [5, 5.41) is 26.6. The number of nitro benzene ring substituents is 1. The summed E-state index contributed by atoms with van der Waals surface area (Å²) in [4.78, 5) is 22.4. The summed E-state index contributed by atoms with van der Waals surface area (Å²) in [5.41, 5.74) is 0.536. The van der Waals surface area contributed by atoms with Gasteiger partial charge in [-0.15, -0.1) is 4.85 Å². The molecule has 2 aromatic rings. The number of non-ortho nitro benzene ring substituents is 1. The van der Waals surface area contributed by atoms with Gasteiger partial charge in [-0.3, -0.25) is 14.9 Å². The Morgan fingerprint density at radius 2 is 2.16 bits per heavy atom. The van der Waals surface area contributed by atoms with Crippen LogP contribution in [0.15, 0.2) is 24.3 Å². The molecule has 0 bridgehead atoms. The molecule has 19 heavy (non-hydrogen) atoms. The van der Waals surface area contributed by atoms with Crippen molar-refractivity contribution >= 4 is 28.2 Å². The van der Waals surface area contributed by atoms with E-state index in [-0.39, 0.29) is 17.0 Å². The average Bonchev–Trinajstić information content (AvgIpc) is 2.65. The van der Waals surface area contributed by atoms with Gasteiger partial charge < -0.3 is 5.21 Å². The minimum Gasteiger partial charge on any atom is -0.692 e. The van der Waals surface area contributed by atoms with Crippen LogP contribution in [0.5, 0.6) is 0 Å². The molecular formula is C11H10N4O4. The molecule has 0 amide bonds. The third-order valence-corrected chi connectivity index (χ3v) is 2.48. The van der Waals surface area contributed by atoms with E-state index in [9.17, 15) is 20.1 Å². The minimum atomic E-state index is -0.588. The molecule has 8 nitrogen and oxygen atoms in total. The summed E-state index contributed by atoms with van der Waals surface area (Å²) < 4.78 is 0. The summed E-state index contributed by atoms with van der Waals surface area (Å²) in [5.74, 6) is -0.219. The van der Waals surface area contributed by atoms with E-state index in [0.717, 1.165) is 10.9 Å². The monoisotopic (exact) mass is 262 g/mol. The zero-order valence-electron chi connectivity index (χ0n) is 10.2. The van der Waals surface area contributed by atoms with Gasteiger partial charge in [0.2, 0.25) is 5.52 Å². The molecule has 0 fully saturated rings. The Kier molecular flexibility index (Phi) is 2.99. The normalized spacial score (nSPS) is 11.8. The second-order valence-electron chi connectivity index (χ2n) is 3.99. The van der Waals surface area contributed by atoms with Crippen molar-refractivity contribution < 1.29 is 14.6 Å². The van der Waals surface area contributed by atoms with Crippen molar-refractivity contribution in [2.75, 3.05) is 0 Å². The first-order valence-corrected chi connectivity index (χ1v) is 5.36. The maximum absolute atomic E-state index is 12.0. The third kappa shape index (κ3) is 2.28. The van der Waals surface area contributed by atoms with Crippen molar-refractivity contribution in [2.24, 2.45) is 0 Å². The van der Waals surface area contributed by atoms with Gasteiger partial charge in [0.15, 0.2) is 5.78 Å². The molecule has 0 aliphatic heterocycles. The highest BCUT2D eigenvalue weighted by atomic mass is 16.6. The molecule has 0 aliphatic carbocycles. The lowest BCUT2D eigenvalue weighted by atomic mass is 10.3. The zero-order valence-corrected chi connectivity index (χ0v) is 10.2. The highest BCUT2D eigenvalue weighted by Crippen LogP contribution is 2.17. The number of hydrogen-bond donors (Lipinski definition) is 0. The van der Waals surface area contributed by atoms with E-state index in [1.165, 1.54) is 25.1 Å². The molecule has 8 heteroatoms. The number of fused-ring (bicyclic) bond motifs is 1. The molecule has 2 rings (SSSR count). The van der Waals surface area contributed by atoms with Gasteiger partial charge in [0.1, 0.15) is 5.70 Å². The summed E-state index contributed by atoms with van der Waals surface area (Å²) in [6.45, 7) is 2.91. The van der Waals surface area contributed by atoms with Crippen molar-refractivity contribution in [3.63, 3.8) is 0 Å². The first-order valence-electron chi connectivity index (χ1n) is 5.36. The van der Waals surface area contributed by atoms with Crippen molar-refractivity contribution in [2.45, 2.75) is 13.8 Å². The molecule has 0 saturated heterocycles. The molecule has 1 aromatic heterocycles. The second kappa shape index (κ2) is 4.48. The Balaban J connectivity index is 2.63. The van der Waals surface area contributed by atoms with Crippen LogP contribution in [0.3, 0.4) is 0 Å². The predicted octanol–water partition coefficient (Wildman–Crippen LogP) is 1.03. The van der Waals surface area contributed by atoms with Gasteiger partial charge >= 0.3 is 0 Å². The van der Waals surface area contributed by atoms with Crippen molar-refractivity contribution in [3.8, 4) is 0 Å². The molecule has 0 radical (unpaired) electrons. The second-order valence-corrected chi connectivity index (χ2v) is 3.99. The Morgan fingerprint density at radius 3 is 2.74 bits per heavy atom. The van der Waals surface area contributed by atoms with Crippen molar-refractivity contribution in [1.82, 2.24) is 9.90 Å². The SMILES string of the molecule is CC(=O)/C=C(\C)n1nc2ccc([N+](=O)[O-])cc2[n+]1[O-]. The van der Waals surface area contributed by atoms with Crippen LogP contribution in [0.1, 0.15) is 13.8 Å². The molecular weight excluding hydrogens is 252 g/mol. The number of nitro groups is 1. The lowest BCUT2D eigenvalue weighted by Gasteiger charge is -2.02. The van der Waals surface area contributed by atoms with Crippen LogP contribution in [0.2, 0.25) is 0 Å². The third-order valence-electron chi connectivity index (χ3n) is 2.48. The summed E-state index contributed by atoms with van der Waals surface area (Å²) in [6.07, 6.45) is 1.26. The number of nitrogens with zero attached hydrogens (tertiary/aromatic N) is 4. The van der Waals surface area contributed by atoms with Crippen LogP contribution < -0.4 is 4.85 Å². The zero-order chi connectivity index (χ0) is 14.2. The number of carbonyl (C=O) groups is 1. The van der Waals surface area contributed by atoms with E-state index >= 15 is 0 Å². The molecule has 0 N–H and O–H groups in total. The number of hydrogen-bond acceptors (Lipinski definition) is 5. The number of allylic oxidation sites excluding steroid dienone is 2. The maximum atomic E-state index is 12.0. The Hall–Kier alpha value is -2.77. The smallest absolute Gasteiger partial charge is 0.274 e. The maximum Gasteiger partial charge on any atom is 0.274 e. The van der Waals surface area contributed by atoms with Gasteiger partial charge in [0.25, 0.3) is 11.2 Å². The summed E-state index contributed by atoms with van der Waals surface area (Å²) in [6, 6.07) is 3.80. The Morgan fingerprint density at radius 1 is 1.47 bits per heavy atom. The minimum absolute atomic E-state index is 0.0745. The van der Waals surface area contributed by atoms with Crippen LogP contribution in [-0.2, 0) is 4.79 Å². The number of ketones is 1. The Bertz CT molecular complexity index is 717. The summed E-state index contributed by atoms with van der Waals surface area (Å²) >= 11 is 0. The molecule has 0 atom stereocenters. The number of aromatic nitrogens is 3. The van der Waals surface area contributed by atoms with Crippen LogP contribution in [-0.4, -0.2) is 20.6 Å². The van der Waals surface area contributed by atoms with Gasteiger partial charge in [-0.1, -0.05) is 0 Å². The summed E-state index contributed by atoms with van der Waals surface area (Å²) in [7, 11) is 0. The predicted molar refractivity (Wildman–Crippen MR) is 66.0 cm³/mol. The molecule has 0 saturated carbocycles. The number of rotatable bonds is 3. The van der Waals surface area contributed by atoms with E-state index in [2.05, 4.69) is 5.10 Å². The fourth-order valence-corrected chi connectivity index (χ4v) is 1.68. The highest BCUT2D eigenvalue weighted by Gasteiger charge is 2.19. The lowest BCUT2D eigenvalue weighted by Crippen LogP contribution is -2.37. The van der Waals surface area contributed by atoms with Gasteiger partial charge in [-0.05, 0) is 18.6 Å². The topological polar surface area (TPSA) is 105 Å². The van der Waals surface area contributed by atoms with Crippen LogP contribution >= 0.6 is 0 Å². The van der Waals surface area contributed by atoms with E-state index in [4.69, 9.17) is 0 Å². The van der Waals surface area contributed by atoms with Gasteiger partial charge in [0.05, 0.1) is 16.1 Å². The quantitative estimate of drug-likeness (QED) is 0.270. The van der Waals surface area contributed by atoms with Gasteiger partial charge in [-0.2, -0.15) is 0 Å². The average molecular weight is 262 g/mol. The molecule has 1 aromatic carbocycles. The fraction of sp³-hybridized carbons (Fsp3) is 0.182. The van der Waals surface area contributed by atoms with Crippen molar-refractivity contribution in [3.05, 3.63) is 39.6 Å². The van der Waals surface area contributed by atoms with Crippen LogP contribution in [0.25, 0.3) is 16.7 Å². The van der Waals surface area contributed by atoms with Crippen LogP contribution in [0.4, 0.5) is 5.69 Å². The van der Waals surface area contributed by atoms with Crippen molar-refractivity contribution in [1.29, 1.82) is 0 Å². The van der Waals surface area contributed by atoms with E-state index < -0.39 is 4.92 Å². The lowest BCUT2D eigenvalue weighted by molar-refractivity contribution is -0.663. The highest BCUT2D eigenvalue weighted by molar-refractivity contribution is 5.91. The molecule has 0 unspecified atom stereocenters. The fourth-order valence-electron chi connectivity index (χ4n) is 1.68. The van der Waals surface area contributed by atoms with Crippen LogP contribution in [0, 0.1) is 15.3 Å². The molecule has 1 heterocycles. The molecule has 0 spiro atoms. The first-order chi connectivity index (χ1) is 8.90. The van der Waals surface area contributed by atoms with E-state index in [1.807, 2.05) is 0 Å². The van der Waals surface area contributed by atoms with Gasteiger partial charge in [0, 0.05) is 18.2 Å². The Labute approximate surface area is 107 Å². The van der Waals surface area contributed by atoms with Gasteiger partial charge in [-0.25, -0.2) is 0 Å². The standard InChI is InChI=1S/C11H10N4O4/c1-7(5-8(2)16)13-12-10-4-3-9(15(18)19)6-11(10)14(13)17/h3-6H,1-2H3/b7-5+. The largest absolute Gasteiger partial charge is 0.692 e. The molecule has 98 valence electrons. The van der Waals surface area contributed by atoms with E-state index in [0.29, 0.717) is 16.1 Å².